The van der Waals surface area contributed by atoms with Gasteiger partial charge in [-0.25, -0.2) is 4.90 Å². The number of allylic oxidation sites excluding steroid dienone is 2. The molecule has 1 heterocycles. The zero-order valence-corrected chi connectivity index (χ0v) is 22.8. The summed E-state index contributed by atoms with van der Waals surface area (Å²) in [5.74, 6) is 2.20. The van der Waals surface area contributed by atoms with Crippen LogP contribution < -0.4 is 15.0 Å². The summed E-state index contributed by atoms with van der Waals surface area (Å²) in [6.45, 7) is 6.31. The van der Waals surface area contributed by atoms with Gasteiger partial charge in [-0.2, -0.15) is 0 Å². The summed E-state index contributed by atoms with van der Waals surface area (Å²) in [7, 11) is 0. The van der Waals surface area contributed by atoms with E-state index in [9.17, 15) is 14.4 Å². The van der Waals surface area contributed by atoms with Gasteiger partial charge in [0.15, 0.2) is 0 Å². The second kappa shape index (κ2) is 9.19. The van der Waals surface area contributed by atoms with Gasteiger partial charge in [0.25, 0.3) is 5.91 Å². The van der Waals surface area contributed by atoms with E-state index >= 15 is 0 Å². The van der Waals surface area contributed by atoms with E-state index < -0.39 is 0 Å². The normalized spacial score (nSPS) is 27.6. The minimum absolute atomic E-state index is 0.123. The first-order valence-electron chi connectivity index (χ1n) is 14.2. The lowest BCUT2D eigenvalue weighted by Crippen LogP contribution is -2.40. The molecule has 1 saturated heterocycles. The van der Waals surface area contributed by atoms with Crippen molar-refractivity contribution in [2.45, 2.75) is 33.1 Å². The minimum Gasteiger partial charge on any atom is -0.457 e. The third-order valence-electron chi connectivity index (χ3n) is 9.16. The number of anilines is 2. The lowest BCUT2D eigenvalue weighted by molar-refractivity contribution is -0.124. The summed E-state index contributed by atoms with van der Waals surface area (Å²) in [5, 5.41) is 2.92. The van der Waals surface area contributed by atoms with Crippen LogP contribution in [0.3, 0.4) is 0 Å². The monoisotopic (exact) mass is 532 g/mol. The molecule has 8 rings (SSSR count). The molecule has 40 heavy (non-hydrogen) atoms. The van der Waals surface area contributed by atoms with Crippen molar-refractivity contribution in [3.8, 4) is 11.5 Å². The number of amides is 3. The summed E-state index contributed by atoms with van der Waals surface area (Å²) in [4.78, 5) is 41.4. The fourth-order valence-corrected chi connectivity index (χ4v) is 7.14. The van der Waals surface area contributed by atoms with Crippen molar-refractivity contribution < 1.29 is 19.1 Å². The number of carbonyl (C=O) groups is 3. The van der Waals surface area contributed by atoms with Crippen molar-refractivity contribution in [1.29, 1.82) is 0 Å². The van der Waals surface area contributed by atoms with Crippen molar-refractivity contribution in [2.24, 2.45) is 35.5 Å². The van der Waals surface area contributed by atoms with E-state index in [1.54, 1.807) is 36.4 Å². The number of nitrogens with one attached hydrogen (secondary N) is 1. The molecule has 6 atom stereocenters. The van der Waals surface area contributed by atoms with Crippen LogP contribution in [0.25, 0.3) is 0 Å². The summed E-state index contributed by atoms with van der Waals surface area (Å²) in [5.41, 5.74) is 3.74. The van der Waals surface area contributed by atoms with Gasteiger partial charge in [0.05, 0.1) is 17.5 Å². The number of rotatable bonds is 6. The predicted molar refractivity (Wildman–Crippen MR) is 153 cm³/mol. The summed E-state index contributed by atoms with van der Waals surface area (Å²) < 4.78 is 6.17. The van der Waals surface area contributed by atoms with E-state index in [-0.39, 0.29) is 41.4 Å². The Morgan fingerprint density at radius 3 is 2.23 bits per heavy atom. The van der Waals surface area contributed by atoms with E-state index in [1.165, 1.54) is 4.90 Å². The van der Waals surface area contributed by atoms with Gasteiger partial charge in [-0.05, 0) is 103 Å². The largest absolute Gasteiger partial charge is 0.457 e. The zero-order valence-electron chi connectivity index (χ0n) is 22.8. The quantitative estimate of drug-likeness (QED) is 0.282. The summed E-state index contributed by atoms with van der Waals surface area (Å²) in [6, 6.07) is 20.3. The highest BCUT2D eigenvalue weighted by atomic mass is 16.5. The van der Waals surface area contributed by atoms with Gasteiger partial charge in [-0.1, -0.05) is 44.2 Å². The van der Waals surface area contributed by atoms with Crippen LogP contribution in [0.4, 0.5) is 11.4 Å². The number of carbonyl (C=O) groups excluding carboxylic acids is 3. The molecule has 202 valence electrons. The maximum atomic E-state index is 13.5. The number of hydrogen-bond acceptors (Lipinski definition) is 4. The summed E-state index contributed by atoms with van der Waals surface area (Å²) in [6.07, 6.45) is 5.46. The van der Waals surface area contributed by atoms with Crippen LogP contribution in [-0.4, -0.2) is 17.7 Å². The molecule has 2 saturated carbocycles. The number of hydrogen-bond donors (Lipinski definition) is 1. The Morgan fingerprint density at radius 2 is 1.57 bits per heavy atom. The first-order chi connectivity index (χ1) is 19.3. The lowest BCUT2D eigenvalue weighted by Gasteiger charge is -2.37. The second-order valence-electron chi connectivity index (χ2n) is 12.0. The van der Waals surface area contributed by atoms with E-state index in [4.69, 9.17) is 4.74 Å². The zero-order chi connectivity index (χ0) is 27.7. The van der Waals surface area contributed by atoms with Crippen LogP contribution in [-0.2, 0) is 9.59 Å². The molecule has 3 aromatic rings. The molecule has 4 aliphatic carbocycles. The van der Waals surface area contributed by atoms with Crippen LogP contribution in [0.15, 0.2) is 78.9 Å². The molecule has 1 aliphatic heterocycles. The van der Waals surface area contributed by atoms with E-state index in [2.05, 4.69) is 43.4 Å². The van der Waals surface area contributed by atoms with Crippen LogP contribution in [0.2, 0.25) is 0 Å². The molecule has 1 N–H and O–H groups in total. The average molecular weight is 533 g/mol. The fourth-order valence-electron chi connectivity index (χ4n) is 7.14. The van der Waals surface area contributed by atoms with Crippen molar-refractivity contribution in [2.75, 3.05) is 10.2 Å². The average Bonchev–Trinajstić information content (AvgIpc) is 3.72. The molecule has 0 unspecified atom stereocenters. The van der Waals surface area contributed by atoms with Crippen molar-refractivity contribution >= 4 is 29.1 Å². The molecule has 2 bridgehead atoms. The molecule has 6 nitrogen and oxygen atoms in total. The fraction of sp³-hybridized carbons (Fsp3) is 0.324. The van der Waals surface area contributed by atoms with Gasteiger partial charge in [0.1, 0.15) is 11.5 Å². The van der Waals surface area contributed by atoms with Crippen LogP contribution in [0, 0.1) is 42.4 Å². The molecular weight excluding hydrogens is 500 g/mol. The number of imide groups is 1. The van der Waals surface area contributed by atoms with E-state index in [1.807, 2.05) is 25.1 Å². The third-order valence-corrected chi connectivity index (χ3v) is 9.16. The number of ether oxygens (including phenoxy) is 1. The Hall–Kier alpha value is -4.19. The highest BCUT2D eigenvalue weighted by Crippen LogP contribution is 2.65. The molecule has 5 aliphatic rings. The van der Waals surface area contributed by atoms with Crippen molar-refractivity contribution in [3.63, 3.8) is 0 Å². The second-order valence-corrected chi connectivity index (χ2v) is 12.0. The van der Waals surface area contributed by atoms with E-state index in [0.29, 0.717) is 40.4 Å². The van der Waals surface area contributed by atoms with Crippen LogP contribution in [0.5, 0.6) is 11.5 Å². The topological polar surface area (TPSA) is 75.7 Å². The first-order valence-corrected chi connectivity index (χ1v) is 14.2. The van der Waals surface area contributed by atoms with Crippen LogP contribution in [0.1, 0.15) is 47.7 Å². The SMILES string of the molecule is Cc1ccc(C(C)C)c(Oc2ccc(NC(=O)c3cccc(N4C(=O)[C@H]5[C@@H]6C=C[C@H]([C@H]7C[C@H]67)[C@@H]5C4=O)c3)cc2)c1. The lowest BCUT2D eigenvalue weighted by atomic mass is 9.63. The van der Waals surface area contributed by atoms with Crippen molar-refractivity contribution in [1.82, 2.24) is 0 Å². The molecule has 0 spiro atoms. The molecule has 0 aromatic heterocycles. The van der Waals surface area contributed by atoms with Gasteiger partial charge in [0.2, 0.25) is 11.8 Å². The maximum Gasteiger partial charge on any atom is 0.255 e. The predicted octanol–water partition coefficient (Wildman–Crippen LogP) is 6.72. The van der Waals surface area contributed by atoms with Crippen molar-refractivity contribution in [3.05, 3.63) is 95.6 Å². The Kier molecular flexibility index (Phi) is 5.70. The molecular formula is C34H32N2O4. The Bertz CT molecular complexity index is 1540. The minimum atomic E-state index is -0.309. The Balaban J connectivity index is 1.06. The highest BCUT2D eigenvalue weighted by Gasteiger charge is 2.67. The number of nitrogens with zero attached hydrogens (tertiary/aromatic N) is 1. The molecule has 3 fully saturated rings. The Morgan fingerprint density at radius 1 is 0.900 bits per heavy atom. The van der Waals surface area contributed by atoms with Gasteiger partial charge >= 0.3 is 0 Å². The molecule has 6 heteroatoms. The standard InChI is InChI=1S/C34H32N2O4/c1-18(2)24-12-7-19(3)15-29(24)40-23-10-8-21(9-11-23)35-32(37)20-5-4-6-22(16-20)36-33(38)30-25-13-14-26(28-17-27(25)28)31(30)34(36)39/h4-16,18,25-28,30-31H,17H2,1-3H3,(H,35,37)/t25-,26-,27-,28-,30+,31+/m1/s1. The van der Waals surface area contributed by atoms with Gasteiger partial charge in [-0.15, -0.1) is 0 Å². The third kappa shape index (κ3) is 3.96. The molecule has 0 radical (unpaired) electrons. The van der Waals surface area contributed by atoms with Gasteiger partial charge in [0, 0.05) is 11.3 Å². The number of aryl methyl sites for hydroxylation is 1. The molecule has 3 amide bonds. The number of benzene rings is 3. The van der Waals surface area contributed by atoms with Crippen LogP contribution >= 0.6 is 0 Å². The van der Waals surface area contributed by atoms with E-state index in [0.717, 1.165) is 23.3 Å². The highest BCUT2D eigenvalue weighted by molar-refractivity contribution is 6.23. The van der Waals surface area contributed by atoms with Gasteiger partial charge in [-0.3, -0.25) is 14.4 Å². The molecule has 3 aromatic carbocycles. The Labute approximate surface area is 234 Å². The maximum absolute atomic E-state index is 13.5. The smallest absolute Gasteiger partial charge is 0.255 e. The van der Waals surface area contributed by atoms with Gasteiger partial charge < -0.3 is 10.1 Å². The summed E-state index contributed by atoms with van der Waals surface area (Å²) >= 11 is 0. The first kappa shape index (κ1) is 24.8.